The monoisotopic (exact) mass is 300 g/mol. The summed E-state index contributed by atoms with van der Waals surface area (Å²) in [6, 6.07) is 5.06. The van der Waals surface area contributed by atoms with Gasteiger partial charge in [-0.2, -0.15) is 13.2 Å². The number of rotatable bonds is 4. The van der Waals surface area contributed by atoms with Crippen LogP contribution >= 0.6 is 11.3 Å². The number of anilines is 1. The average molecular weight is 300 g/mol. The molecule has 1 N–H and O–H groups in total. The minimum Gasteiger partial charge on any atom is -0.361 e. The Morgan fingerprint density at radius 3 is 2.40 bits per heavy atom. The molecule has 0 amide bonds. The molecule has 2 nitrogen and oxygen atoms in total. The Hall–Kier alpha value is -1.56. The van der Waals surface area contributed by atoms with E-state index in [9.17, 15) is 13.2 Å². The maximum atomic E-state index is 12.5. The van der Waals surface area contributed by atoms with Crippen LogP contribution in [0.4, 0.5) is 18.3 Å². The SMILES string of the molecule is CC(C)CNc1nc(-c2ccc(C(F)(F)F)cc2)cs1. The number of benzene rings is 1. The van der Waals surface area contributed by atoms with E-state index in [1.165, 1.54) is 23.5 Å². The molecule has 2 rings (SSSR count). The van der Waals surface area contributed by atoms with Crippen LogP contribution in [0.1, 0.15) is 19.4 Å². The Labute approximate surface area is 119 Å². The smallest absolute Gasteiger partial charge is 0.361 e. The molecule has 108 valence electrons. The molecule has 1 aromatic carbocycles. The van der Waals surface area contributed by atoms with Gasteiger partial charge in [-0.05, 0) is 18.1 Å². The molecule has 0 fully saturated rings. The van der Waals surface area contributed by atoms with Crippen LogP contribution in [0.2, 0.25) is 0 Å². The average Bonchev–Trinajstić information content (AvgIpc) is 2.84. The zero-order chi connectivity index (χ0) is 14.8. The van der Waals surface area contributed by atoms with Crippen LogP contribution in [0.25, 0.3) is 11.3 Å². The third-order valence-corrected chi connectivity index (χ3v) is 3.47. The Balaban J connectivity index is 2.12. The molecule has 0 saturated carbocycles. The van der Waals surface area contributed by atoms with Crippen LogP contribution in [0, 0.1) is 5.92 Å². The molecule has 0 unspecified atom stereocenters. The van der Waals surface area contributed by atoms with Crippen molar-refractivity contribution in [3.8, 4) is 11.3 Å². The summed E-state index contributed by atoms with van der Waals surface area (Å²) in [5.74, 6) is 0.508. The van der Waals surface area contributed by atoms with Crippen LogP contribution in [0.5, 0.6) is 0 Å². The second-order valence-electron chi connectivity index (χ2n) is 4.89. The van der Waals surface area contributed by atoms with Gasteiger partial charge in [-0.3, -0.25) is 0 Å². The molecule has 0 atom stereocenters. The second kappa shape index (κ2) is 5.83. The molecule has 0 saturated heterocycles. The molecular weight excluding hydrogens is 285 g/mol. The van der Waals surface area contributed by atoms with Crippen LogP contribution in [0.3, 0.4) is 0 Å². The minimum atomic E-state index is -4.30. The lowest BCUT2D eigenvalue weighted by molar-refractivity contribution is -0.137. The summed E-state index contributed by atoms with van der Waals surface area (Å²) in [4.78, 5) is 4.37. The molecule has 0 aliphatic heterocycles. The first-order valence-electron chi connectivity index (χ1n) is 6.23. The van der Waals surface area contributed by atoms with Gasteiger partial charge in [0.25, 0.3) is 0 Å². The first kappa shape index (κ1) is 14.8. The van der Waals surface area contributed by atoms with Gasteiger partial charge in [0.2, 0.25) is 0 Å². The fraction of sp³-hybridized carbons (Fsp3) is 0.357. The van der Waals surface area contributed by atoms with E-state index in [4.69, 9.17) is 0 Å². The number of alkyl halides is 3. The molecule has 1 heterocycles. The molecule has 6 heteroatoms. The summed E-state index contributed by atoms with van der Waals surface area (Å²) in [7, 11) is 0. The standard InChI is InChI=1S/C14H15F3N2S/c1-9(2)7-18-13-19-12(8-20-13)10-3-5-11(6-4-10)14(15,16)17/h3-6,8-9H,7H2,1-2H3,(H,18,19). The Morgan fingerprint density at radius 2 is 1.85 bits per heavy atom. The zero-order valence-corrected chi connectivity index (χ0v) is 12.0. The van der Waals surface area contributed by atoms with E-state index in [1.807, 2.05) is 5.38 Å². The number of nitrogens with zero attached hydrogens (tertiary/aromatic N) is 1. The molecule has 0 aliphatic carbocycles. The van der Waals surface area contributed by atoms with Gasteiger partial charge in [0.15, 0.2) is 5.13 Å². The van der Waals surface area contributed by atoms with E-state index in [1.54, 1.807) is 0 Å². The van der Waals surface area contributed by atoms with Crippen molar-refractivity contribution in [2.45, 2.75) is 20.0 Å². The first-order chi connectivity index (χ1) is 9.36. The van der Waals surface area contributed by atoms with Crippen molar-refractivity contribution in [1.29, 1.82) is 0 Å². The van der Waals surface area contributed by atoms with Gasteiger partial charge in [-0.1, -0.05) is 26.0 Å². The van der Waals surface area contributed by atoms with E-state index >= 15 is 0 Å². The topological polar surface area (TPSA) is 24.9 Å². The van der Waals surface area contributed by atoms with Crippen LogP contribution < -0.4 is 5.32 Å². The summed E-state index contributed by atoms with van der Waals surface area (Å²) in [5, 5.41) is 5.82. The van der Waals surface area contributed by atoms with Crippen LogP contribution in [-0.2, 0) is 6.18 Å². The van der Waals surface area contributed by atoms with Crippen LogP contribution in [-0.4, -0.2) is 11.5 Å². The van der Waals surface area contributed by atoms with Gasteiger partial charge in [0.1, 0.15) is 0 Å². The van der Waals surface area contributed by atoms with Gasteiger partial charge in [-0.15, -0.1) is 11.3 Å². The third kappa shape index (κ3) is 3.72. The summed E-state index contributed by atoms with van der Waals surface area (Å²) in [6.07, 6.45) is -4.30. The first-order valence-corrected chi connectivity index (χ1v) is 7.11. The highest BCUT2D eigenvalue weighted by Gasteiger charge is 2.30. The molecule has 0 radical (unpaired) electrons. The zero-order valence-electron chi connectivity index (χ0n) is 11.2. The summed E-state index contributed by atoms with van der Waals surface area (Å²) < 4.78 is 37.4. The second-order valence-corrected chi connectivity index (χ2v) is 5.75. The predicted octanol–water partition coefficient (Wildman–Crippen LogP) is 4.90. The number of halogens is 3. The van der Waals surface area contributed by atoms with Gasteiger partial charge < -0.3 is 5.32 Å². The number of nitrogens with one attached hydrogen (secondary N) is 1. The Morgan fingerprint density at radius 1 is 1.20 bits per heavy atom. The normalized spacial score (nSPS) is 11.9. The number of hydrogen-bond donors (Lipinski definition) is 1. The van der Waals surface area contributed by atoms with Crippen molar-refractivity contribution < 1.29 is 13.2 Å². The maximum Gasteiger partial charge on any atom is 0.416 e. The fourth-order valence-corrected chi connectivity index (χ4v) is 2.34. The van der Waals surface area contributed by atoms with Gasteiger partial charge in [0, 0.05) is 17.5 Å². The largest absolute Gasteiger partial charge is 0.416 e. The quantitative estimate of drug-likeness (QED) is 0.869. The van der Waals surface area contributed by atoms with Gasteiger partial charge >= 0.3 is 6.18 Å². The predicted molar refractivity (Wildman–Crippen MR) is 75.9 cm³/mol. The summed E-state index contributed by atoms with van der Waals surface area (Å²) in [6.45, 7) is 5.01. The molecule has 0 aliphatic rings. The van der Waals surface area contributed by atoms with Crippen molar-refractivity contribution in [3.05, 3.63) is 35.2 Å². The molecule has 20 heavy (non-hydrogen) atoms. The molecule has 1 aromatic heterocycles. The lowest BCUT2D eigenvalue weighted by Crippen LogP contribution is -2.07. The number of thiazole rings is 1. The lowest BCUT2D eigenvalue weighted by atomic mass is 10.1. The van der Waals surface area contributed by atoms with Crippen molar-refractivity contribution in [1.82, 2.24) is 4.98 Å². The van der Waals surface area contributed by atoms with E-state index in [2.05, 4.69) is 24.1 Å². The lowest BCUT2D eigenvalue weighted by Gasteiger charge is -2.06. The van der Waals surface area contributed by atoms with Gasteiger partial charge in [0.05, 0.1) is 11.3 Å². The van der Waals surface area contributed by atoms with Crippen molar-refractivity contribution >= 4 is 16.5 Å². The maximum absolute atomic E-state index is 12.5. The molecule has 2 aromatic rings. The van der Waals surface area contributed by atoms with E-state index in [-0.39, 0.29) is 0 Å². The van der Waals surface area contributed by atoms with Crippen LogP contribution in [0.15, 0.2) is 29.6 Å². The van der Waals surface area contributed by atoms with Gasteiger partial charge in [-0.25, -0.2) is 4.98 Å². The highest BCUT2D eigenvalue weighted by Crippen LogP contribution is 2.31. The minimum absolute atomic E-state index is 0.508. The van der Waals surface area contributed by atoms with Crippen molar-refractivity contribution in [2.24, 2.45) is 5.92 Å². The van der Waals surface area contributed by atoms with Crippen molar-refractivity contribution in [2.75, 3.05) is 11.9 Å². The van der Waals surface area contributed by atoms with E-state index in [0.717, 1.165) is 23.8 Å². The molecular formula is C14H15F3N2S. The fourth-order valence-electron chi connectivity index (χ4n) is 1.61. The highest BCUT2D eigenvalue weighted by molar-refractivity contribution is 7.14. The Bertz CT molecular complexity index is 559. The summed E-state index contributed by atoms with van der Waals surface area (Å²) in [5.41, 5.74) is 0.733. The number of hydrogen-bond acceptors (Lipinski definition) is 3. The number of aromatic nitrogens is 1. The summed E-state index contributed by atoms with van der Waals surface area (Å²) >= 11 is 1.45. The highest BCUT2D eigenvalue weighted by atomic mass is 32.1. The molecule has 0 bridgehead atoms. The third-order valence-electron chi connectivity index (χ3n) is 2.67. The molecule has 0 spiro atoms. The van der Waals surface area contributed by atoms with E-state index in [0.29, 0.717) is 17.2 Å². The van der Waals surface area contributed by atoms with E-state index < -0.39 is 11.7 Å². The van der Waals surface area contributed by atoms with Crippen molar-refractivity contribution in [3.63, 3.8) is 0 Å². The Kier molecular flexibility index (Phi) is 4.32.